The molecule has 1 aliphatic heterocycles. The Morgan fingerprint density at radius 3 is 2.77 bits per heavy atom. The van der Waals surface area contributed by atoms with Crippen molar-refractivity contribution in [3.63, 3.8) is 0 Å². The molecular formula is C18H13F3N4O5. The molecule has 2 aromatic heterocycles. The van der Waals surface area contributed by atoms with E-state index >= 15 is 0 Å². The highest BCUT2D eigenvalue weighted by Crippen LogP contribution is 2.27. The Morgan fingerprint density at radius 2 is 2.07 bits per heavy atom. The molecule has 0 amide bonds. The standard InChI is InChI=1S/C18H13F3N4O5/c19-18(20,21)17-22-13-3-4-24(7-12(13)16(27)23-17)6-9-8-30-14-2-1-10(25(28)29)5-11(14)15(9)26/h1-2,5,8H,3-4,6-7H2,(H,22,23,27). The number of H-pyrrole nitrogens is 1. The van der Waals surface area contributed by atoms with Gasteiger partial charge in [-0.3, -0.25) is 24.6 Å². The van der Waals surface area contributed by atoms with Gasteiger partial charge in [-0.15, -0.1) is 0 Å². The number of hydrogen-bond donors (Lipinski definition) is 1. The van der Waals surface area contributed by atoms with Crippen LogP contribution in [0.15, 0.2) is 38.5 Å². The van der Waals surface area contributed by atoms with Gasteiger partial charge in [0.05, 0.1) is 27.8 Å². The number of fused-ring (bicyclic) bond motifs is 2. The molecule has 3 aromatic rings. The molecule has 3 heterocycles. The van der Waals surface area contributed by atoms with E-state index in [0.29, 0.717) is 0 Å². The van der Waals surface area contributed by atoms with Crippen molar-refractivity contribution in [3.8, 4) is 0 Å². The first-order valence-corrected chi connectivity index (χ1v) is 8.74. The van der Waals surface area contributed by atoms with Crippen molar-refractivity contribution in [2.45, 2.75) is 25.7 Å². The molecular weight excluding hydrogens is 409 g/mol. The predicted molar refractivity (Wildman–Crippen MR) is 96.8 cm³/mol. The maximum atomic E-state index is 12.8. The third-order valence-corrected chi connectivity index (χ3v) is 4.85. The van der Waals surface area contributed by atoms with E-state index in [0.717, 1.165) is 6.07 Å². The van der Waals surface area contributed by atoms with Crippen LogP contribution in [0.2, 0.25) is 0 Å². The molecule has 12 heteroatoms. The fourth-order valence-corrected chi connectivity index (χ4v) is 3.37. The largest absolute Gasteiger partial charge is 0.464 e. The van der Waals surface area contributed by atoms with Crippen molar-refractivity contribution in [2.75, 3.05) is 6.54 Å². The first-order chi connectivity index (χ1) is 14.1. The molecule has 0 aliphatic carbocycles. The number of nitro groups is 1. The van der Waals surface area contributed by atoms with Crippen molar-refractivity contribution in [1.29, 1.82) is 0 Å². The number of aromatic nitrogens is 2. The average molecular weight is 422 g/mol. The first kappa shape index (κ1) is 19.8. The van der Waals surface area contributed by atoms with Crippen LogP contribution in [0.4, 0.5) is 18.9 Å². The Bertz CT molecular complexity index is 1280. The zero-order valence-electron chi connectivity index (χ0n) is 15.2. The second kappa shape index (κ2) is 7.06. The zero-order chi connectivity index (χ0) is 21.6. The quantitative estimate of drug-likeness (QED) is 0.508. The molecule has 4 rings (SSSR count). The summed E-state index contributed by atoms with van der Waals surface area (Å²) in [7, 11) is 0. The fraction of sp³-hybridized carbons (Fsp3) is 0.278. The van der Waals surface area contributed by atoms with Gasteiger partial charge in [-0.25, -0.2) is 4.98 Å². The van der Waals surface area contributed by atoms with Crippen molar-refractivity contribution >= 4 is 16.7 Å². The molecule has 1 aromatic carbocycles. The van der Waals surface area contributed by atoms with Gasteiger partial charge in [-0.1, -0.05) is 0 Å². The van der Waals surface area contributed by atoms with Crippen LogP contribution in [0, 0.1) is 10.1 Å². The lowest BCUT2D eigenvalue weighted by atomic mass is 10.1. The van der Waals surface area contributed by atoms with Crippen LogP contribution < -0.4 is 11.0 Å². The smallest absolute Gasteiger partial charge is 0.449 e. The van der Waals surface area contributed by atoms with E-state index in [9.17, 15) is 32.9 Å². The SMILES string of the molecule is O=c1[nH]c(C(F)(F)F)nc2c1CN(Cc1coc3ccc([N+](=O)[O-])cc3c1=O)CC2. The number of rotatable bonds is 3. The summed E-state index contributed by atoms with van der Waals surface area (Å²) in [4.78, 5) is 42.1. The van der Waals surface area contributed by atoms with Crippen LogP contribution in [0.25, 0.3) is 11.0 Å². The molecule has 0 atom stereocenters. The Morgan fingerprint density at radius 1 is 1.30 bits per heavy atom. The minimum atomic E-state index is -4.75. The number of nitro benzene ring substituents is 1. The van der Waals surface area contributed by atoms with Crippen LogP contribution in [-0.4, -0.2) is 26.3 Å². The number of nitrogens with one attached hydrogen (secondary N) is 1. The Kier molecular flexibility index (Phi) is 4.65. The van der Waals surface area contributed by atoms with Crippen LogP contribution in [0.3, 0.4) is 0 Å². The van der Waals surface area contributed by atoms with E-state index in [2.05, 4.69) is 4.98 Å². The number of nitrogens with zero attached hydrogens (tertiary/aromatic N) is 3. The van der Waals surface area contributed by atoms with E-state index in [4.69, 9.17) is 4.42 Å². The summed E-state index contributed by atoms with van der Waals surface area (Å²) in [5.41, 5.74) is -1.000. The molecule has 1 aliphatic rings. The third-order valence-electron chi connectivity index (χ3n) is 4.85. The Hall–Kier alpha value is -3.54. The van der Waals surface area contributed by atoms with Gasteiger partial charge in [-0.2, -0.15) is 13.2 Å². The van der Waals surface area contributed by atoms with Crippen molar-refractivity contribution < 1.29 is 22.5 Å². The second-order valence-electron chi connectivity index (χ2n) is 6.83. The highest BCUT2D eigenvalue weighted by molar-refractivity contribution is 5.79. The number of aromatic amines is 1. The predicted octanol–water partition coefficient (Wildman–Crippen LogP) is 2.36. The zero-order valence-corrected chi connectivity index (χ0v) is 15.2. The molecule has 9 nitrogen and oxygen atoms in total. The second-order valence-corrected chi connectivity index (χ2v) is 6.83. The molecule has 0 unspecified atom stereocenters. The minimum Gasteiger partial charge on any atom is -0.464 e. The van der Waals surface area contributed by atoms with Crippen molar-refractivity contribution in [2.24, 2.45) is 0 Å². The lowest BCUT2D eigenvalue weighted by molar-refractivity contribution is -0.384. The van der Waals surface area contributed by atoms with Gasteiger partial charge in [0.15, 0.2) is 5.43 Å². The molecule has 156 valence electrons. The van der Waals surface area contributed by atoms with E-state index in [-0.39, 0.29) is 59.5 Å². The molecule has 0 radical (unpaired) electrons. The van der Waals surface area contributed by atoms with Gasteiger partial charge in [-0.05, 0) is 6.07 Å². The van der Waals surface area contributed by atoms with E-state index < -0.39 is 27.9 Å². The average Bonchev–Trinajstić information content (AvgIpc) is 2.69. The maximum absolute atomic E-state index is 12.8. The molecule has 30 heavy (non-hydrogen) atoms. The van der Waals surface area contributed by atoms with Gasteiger partial charge in [0.1, 0.15) is 5.58 Å². The molecule has 0 saturated carbocycles. The molecule has 1 N–H and O–H groups in total. The van der Waals surface area contributed by atoms with Crippen LogP contribution in [0.5, 0.6) is 0 Å². The lowest BCUT2D eigenvalue weighted by Gasteiger charge is -2.27. The van der Waals surface area contributed by atoms with E-state index in [1.165, 1.54) is 18.4 Å². The monoisotopic (exact) mass is 422 g/mol. The summed E-state index contributed by atoms with van der Waals surface area (Å²) < 4.78 is 43.9. The van der Waals surface area contributed by atoms with Crippen LogP contribution >= 0.6 is 0 Å². The van der Waals surface area contributed by atoms with Crippen molar-refractivity contribution in [3.05, 3.63) is 77.8 Å². The fourth-order valence-electron chi connectivity index (χ4n) is 3.37. The summed E-state index contributed by atoms with van der Waals surface area (Å²) in [5, 5.41) is 11.0. The van der Waals surface area contributed by atoms with Crippen molar-refractivity contribution in [1.82, 2.24) is 14.9 Å². The number of halogens is 3. The van der Waals surface area contributed by atoms with Gasteiger partial charge >= 0.3 is 6.18 Å². The number of benzene rings is 1. The van der Waals surface area contributed by atoms with Gasteiger partial charge in [0.25, 0.3) is 11.2 Å². The summed E-state index contributed by atoms with van der Waals surface area (Å²) in [6, 6.07) is 3.68. The molecule has 0 fully saturated rings. The molecule has 0 bridgehead atoms. The summed E-state index contributed by atoms with van der Waals surface area (Å²) in [6.45, 7) is 0.330. The Labute approximate surface area is 164 Å². The normalized spacial score (nSPS) is 14.6. The Balaban J connectivity index is 1.63. The van der Waals surface area contributed by atoms with E-state index in [1.807, 2.05) is 0 Å². The van der Waals surface area contributed by atoms with Gasteiger partial charge in [0.2, 0.25) is 5.82 Å². The molecule has 0 saturated heterocycles. The number of hydrogen-bond acceptors (Lipinski definition) is 7. The summed E-state index contributed by atoms with van der Waals surface area (Å²) in [6.07, 6.45) is -3.41. The van der Waals surface area contributed by atoms with Crippen LogP contribution in [-0.2, 0) is 25.7 Å². The number of alkyl halides is 3. The lowest BCUT2D eigenvalue weighted by Crippen LogP contribution is -2.37. The maximum Gasteiger partial charge on any atom is 0.449 e. The van der Waals surface area contributed by atoms with E-state index in [1.54, 1.807) is 9.88 Å². The summed E-state index contributed by atoms with van der Waals surface area (Å²) >= 11 is 0. The van der Waals surface area contributed by atoms with Gasteiger partial charge in [0, 0.05) is 43.8 Å². The minimum absolute atomic E-state index is 0.00220. The highest BCUT2D eigenvalue weighted by atomic mass is 19.4. The van der Waals surface area contributed by atoms with Gasteiger partial charge < -0.3 is 9.40 Å². The summed E-state index contributed by atoms with van der Waals surface area (Å²) in [5.74, 6) is -1.34. The van der Waals surface area contributed by atoms with Crippen LogP contribution in [0.1, 0.15) is 22.6 Å². The topological polar surface area (TPSA) is 122 Å². The highest BCUT2D eigenvalue weighted by Gasteiger charge is 2.36. The number of non-ortho nitro benzene ring substituents is 1. The third kappa shape index (κ3) is 3.56. The molecule has 0 spiro atoms. The first-order valence-electron chi connectivity index (χ1n) is 8.74.